The van der Waals surface area contributed by atoms with Gasteiger partial charge in [0, 0.05) is 11.6 Å². The topological polar surface area (TPSA) is 25.2 Å². The Labute approximate surface area is 105 Å². The molecule has 1 saturated carbocycles. The Kier molecular flexibility index (Phi) is 3.93. The van der Waals surface area contributed by atoms with Gasteiger partial charge in [-0.3, -0.25) is 0 Å². The highest BCUT2D eigenvalue weighted by molar-refractivity contribution is 5.34. The number of hydrogen-bond donors (Lipinski definition) is 1. The standard InChI is InChI=1S/C15H25NO/c1-5-8-16-14(9-13-6-7-13)15-10(2)11(3)17-12(15)4/h13-14,16H,5-9H2,1-4H3. The molecule has 1 N–H and O–H groups in total. The van der Waals surface area contributed by atoms with E-state index in [1.165, 1.54) is 36.8 Å². The Morgan fingerprint density at radius 3 is 2.41 bits per heavy atom. The third-order valence-electron chi connectivity index (χ3n) is 3.87. The second-order valence-corrected chi connectivity index (χ2v) is 5.44. The third-order valence-corrected chi connectivity index (χ3v) is 3.87. The molecule has 1 heterocycles. The summed E-state index contributed by atoms with van der Waals surface area (Å²) in [7, 11) is 0. The molecular weight excluding hydrogens is 210 g/mol. The second kappa shape index (κ2) is 5.26. The van der Waals surface area contributed by atoms with Crippen molar-refractivity contribution < 1.29 is 4.42 Å². The minimum absolute atomic E-state index is 0.500. The van der Waals surface area contributed by atoms with Crippen molar-refractivity contribution in [1.82, 2.24) is 5.32 Å². The molecule has 1 aromatic heterocycles. The van der Waals surface area contributed by atoms with Gasteiger partial charge in [-0.15, -0.1) is 0 Å². The molecule has 0 aromatic carbocycles. The lowest BCUT2D eigenvalue weighted by molar-refractivity contribution is 0.453. The molecule has 1 aliphatic rings. The van der Waals surface area contributed by atoms with Gasteiger partial charge in [0.1, 0.15) is 11.5 Å². The van der Waals surface area contributed by atoms with Crippen molar-refractivity contribution in [3.63, 3.8) is 0 Å². The van der Waals surface area contributed by atoms with Crippen LogP contribution in [0, 0.1) is 26.7 Å². The van der Waals surface area contributed by atoms with E-state index < -0.39 is 0 Å². The lowest BCUT2D eigenvalue weighted by Gasteiger charge is -2.19. The smallest absolute Gasteiger partial charge is 0.106 e. The maximum Gasteiger partial charge on any atom is 0.106 e. The summed E-state index contributed by atoms with van der Waals surface area (Å²) < 4.78 is 5.77. The molecule has 1 unspecified atom stereocenters. The maximum absolute atomic E-state index is 5.77. The molecule has 0 aliphatic heterocycles. The normalized spacial score (nSPS) is 17.4. The van der Waals surface area contributed by atoms with Gasteiger partial charge in [0.2, 0.25) is 0 Å². The van der Waals surface area contributed by atoms with E-state index in [9.17, 15) is 0 Å². The van der Waals surface area contributed by atoms with E-state index in [-0.39, 0.29) is 0 Å². The van der Waals surface area contributed by atoms with Crippen LogP contribution in [-0.4, -0.2) is 6.54 Å². The van der Waals surface area contributed by atoms with Crippen LogP contribution in [0.25, 0.3) is 0 Å². The lowest BCUT2D eigenvalue weighted by atomic mass is 9.97. The molecule has 0 radical (unpaired) electrons. The minimum atomic E-state index is 0.500. The maximum atomic E-state index is 5.77. The van der Waals surface area contributed by atoms with Crippen molar-refractivity contribution in [2.75, 3.05) is 6.54 Å². The van der Waals surface area contributed by atoms with E-state index in [4.69, 9.17) is 4.42 Å². The molecule has 2 rings (SSSR count). The van der Waals surface area contributed by atoms with Crippen LogP contribution in [0.2, 0.25) is 0 Å². The summed E-state index contributed by atoms with van der Waals surface area (Å²) in [6, 6.07) is 0.500. The molecule has 2 heteroatoms. The second-order valence-electron chi connectivity index (χ2n) is 5.44. The van der Waals surface area contributed by atoms with Gasteiger partial charge < -0.3 is 9.73 Å². The summed E-state index contributed by atoms with van der Waals surface area (Å²) in [4.78, 5) is 0. The zero-order chi connectivity index (χ0) is 12.4. The molecule has 2 nitrogen and oxygen atoms in total. The highest BCUT2D eigenvalue weighted by Gasteiger charge is 2.29. The summed E-state index contributed by atoms with van der Waals surface area (Å²) in [6.45, 7) is 9.68. The number of furan rings is 1. The molecule has 1 aliphatic carbocycles. The lowest BCUT2D eigenvalue weighted by Crippen LogP contribution is -2.23. The van der Waals surface area contributed by atoms with E-state index in [2.05, 4.69) is 33.0 Å². The van der Waals surface area contributed by atoms with Crippen LogP contribution >= 0.6 is 0 Å². The molecule has 0 bridgehead atoms. The first kappa shape index (κ1) is 12.7. The average molecular weight is 235 g/mol. The number of hydrogen-bond acceptors (Lipinski definition) is 2. The molecule has 1 aromatic rings. The zero-order valence-corrected chi connectivity index (χ0v) is 11.6. The van der Waals surface area contributed by atoms with Crippen LogP contribution in [0.1, 0.15) is 61.3 Å². The quantitative estimate of drug-likeness (QED) is 0.805. The first-order chi connectivity index (χ1) is 8.13. The van der Waals surface area contributed by atoms with Gasteiger partial charge in [0.25, 0.3) is 0 Å². The molecule has 1 atom stereocenters. The van der Waals surface area contributed by atoms with Crippen LogP contribution < -0.4 is 5.32 Å². The van der Waals surface area contributed by atoms with Crippen molar-refractivity contribution in [2.24, 2.45) is 5.92 Å². The predicted molar refractivity (Wildman–Crippen MR) is 71.3 cm³/mol. The molecule has 1 fully saturated rings. The predicted octanol–water partition coefficient (Wildman–Crippen LogP) is 4.05. The molecular formula is C15H25NO. The minimum Gasteiger partial charge on any atom is -0.466 e. The largest absolute Gasteiger partial charge is 0.466 e. The third kappa shape index (κ3) is 2.92. The van der Waals surface area contributed by atoms with Gasteiger partial charge in [-0.05, 0) is 51.6 Å². The van der Waals surface area contributed by atoms with E-state index >= 15 is 0 Å². The number of nitrogens with one attached hydrogen (secondary N) is 1. The SMILES string of the molecule is CCCNC(CC1CC1)c1c(C)oc(C)c1C. The first-order valence-electron chi connectivity index (χ1n) is 6.93. The summed E-state index contributed by atoms with van der Waals surface area (Å²) in [6.07, 6.45) is 5.30. The fraction of sp³-hybridized carbons (Fsp3) is 0.733. The number of aryl methyl sites for hydroxylation is 2. The van der Waals surface area contributed by atoms with Crippen LogP contribution in [0.4, 0.5) is 0 Å². The van der Waals surface area contributed by atoms with E-state index in [0.717, 1.165) is 24.0 Å². The Balaban J connectivity index is 2.16. The Hall–Kier alpha value is -0.760. The van der Waals surface area contributed by atoms with Crippen molar-refractivity contribution in [2.45, 2.75) is 59.4 Å². The summed E-state index contributed by atoms with van der Waals surface area (Å²) >= 11 is 0. The van der Waals surface area contributed by atoms with E-state index in [1.807, 2.05) is 0 Å². The van der Waals surface area contributed by atoms with E-state index in [1.54, 1.807) is 0 Å². The van der Waals surface area contributed by atoms with Crippen LogP contribution in [0.5, 0.6) is 0 Å². The Bertz CT molecular complexity index is 377. The van der Waals surface area contributed by atoms with Crippen molar-refractivity contribution >= 4 is 0 Å². The molecule has 96 valence electrons. The monoisotopic (exact) mass is 235 g/mol. The van der Waals surface area contributed by atoms with Gasteiger partial charge in [-0.2, -0.15) is 0 Å². The molecule has 17 heavy (non-hydrogen) atoms. The van der Waals surface area contributed by atoms with Crippen molar-refractivity contribution in [3.05, 3.63) is 22.6 Å². The Morgan fingerprint density at radius 1 is 1.24 bits per heavy atom. The fourth-order valence-corrected chi connectivity index (χ4v) is 2.63. The van der Waals surface area contributed by atoms with Crippen LogP contribution in [0.3, 0.4) is 0 Å². The molecule has 0 amide bonds. The first-order valence-corrected chi connectivity index (χ1v) is 6.93. The van der Waals surface area contributed by atoms with Gasteiger partial charge >= 0.3 is 0 Å². The fourth-order valence-electron chi connectivity index (χ4n) is 2.63. The summed E-state index contributed by atoms with van der Waals surface area (Å²) in [5, 5.41) is 3.69. The van der Waals surface area contributed by atoms with Crippen molar-refractivity contribution in [3.8, 4) is 0 Å². The van der Waals surface area contributed by atoms with Crippen LogP contribution in [-0.2, 0) is 0 Å². The van der Waals surface area contributed by atoms with Crippen molar-refractivity contribution in [1.29, 1.82) is 0 Å². The highest BCUT2D eigenvalue weighted by Crippen LogP contribution is 2.40. The Morgan fingerprint density at radius 2 is 1.94 bits per heavy atom. The molecule has 0 saturated heterocycles. The number of rotatable bonds is 6. The zero-order valence-electron chi connectivity index (χ0n) is 11.6. The highest BCUT2D eigenvalue weighted by atomic mass is 16.3. The average Bonchev–Trinajstić information content (AvgIpc) is 3.05. The van der Waals surface area contributed by atoms with Gasteiger partial charge in [-0.1, -0.05) is 19.8 Å². The van der Waals surface area contributed by atoms with Gasteiger partial charge in [0.05, 0.1) is 0 Å². The van der Waals surface area contributed by atoms with Crippen LogP contribution in [0.15, 0.2) is 4.42 Å². The summed E-state index contributed by atoms with van der Waals surface area (Å²) in [5.74, 6) is 3.13. The van der Waals surface area contributed by atoms with Gasteiger partial charge in [0.15, 0.2) is 0 Å². The molecule has 0 spiro atoms. The van der Waals surface area contributed by atoms with Gasteiger partial charge in [-0.25, -0.2) is 0 Å². The summed E-state index contributed by atoms with van der Waals surface area (Å²) in [5.41, 5.74) is 2.76. The van der Waals surface area contributed by atoms with E-state index in [0.29, 0.717) is 6.04 Å².